The first kappa shape index (κ1) is 8.83. The van der Waals surface area contributed by atoms with E-state index in [0.29, 0.717) is 0 Å². The molecule has 0 amide bonds. The van der Waals surface area contributed by atoms with E-state index in [1.54, 1.807) is 0 Å². The summed E-state index contributed by atoms with van der Waals surface area (Å²) in [5, 5.41) is 0. The van der Waals surface area contributed by atoms with Gasteiger partial charge >= 0.3 is 42.3 Å². The molecule has 9 heteroatoms. The van der Waals surface area contributed by atoms with Crippen LogP contribution in [0.25, 0.3) is 0 Å². The zero-order valence-electron chi connectivity index (χ0n) is 3.40. The SMILES string of the molecule is [O]=[Ni]([F])([F])([F])([F])([F])[O]F. The van der Waals surface area contributed by atoms with E-state index >= 15 is 0 Å². The third-order valence-electron chi connectivity index (χ3n) is 0.112. The summed E-state index contributed by atoms with van der Waals surface area (Å²) in [6.07, 6.45) is 0. The second-order valence-electron chi connectivity index (χ2n) is 1.04. The molecule has 0 aliphatic carbocycles. The van der Waals surface area contributed by atoms with Crippen LogP contribution < -0.4 is 0 Å². The van der Waals surface area contributed by atoms with Crippen LogP contribution in [0.1, 0.15) is 0 Å². The van der Waals surface area contributed by atoms with Crippen LogP contribution in [0.5, 0.6) is 0 Å². The molecular weight excluding hydrogens is 205 g/mol. The molecule has 64 valence electrons. The predicted molar refractivity (Wildman–Crippen MR) is 8.42 cm³/mol. The molecule has 0 aromatic rings. The van der Waals surface area contributed by atoms with E-state index < -0.39 is 11.8 Å². The first-order valence-electron chi connectivity index (χ1n) is 1.01. The van der Waals surface area contributed by atoms with E-state index in [2.05, 4.69) is 0 Å². The number of rotatable bonds is 1. The van der Waals surface area contributed by atoms with Gasteiger partial charge in [0.05, 0.1) is 0 Å². The van der Waals surface area contributed by atoms with Crippen LogP contribution in [0, 0.1) is 0 Å². The Morgan fingerprint density at radius 3 is 1.11 bits per heavy atom. The summed E-state index contributed by atoms with van der Waals surface area (Å²) >= 11 is -12.1. The van der Waals surface area contributed by atoms with Crippen LogP contribution in [-0.2, 0) is 19.8 Å². The van der Waals surface area contributed by atoms with Gasteiger partial charge in [0.25, 0.3) is 0 Å². The van der Waals surface area contributed by atoms with Gasteiger partial charge in [-0.1, -0.05) is 0 Å². The molecule has 0 saturated carbocycles. The Bertz CT molecular complexity index is 213. The van der Waals surface area contributed by atoms with Crippen LogP contribution in [0.15, 0.2) is 0 Å². The Labute approximate surface area is 43.4 Å². The third kappa shape index (κ3) is 7.83. The molecule has 0 heterocycles. The topological polar surface area (TPSA) is 26.3 Å². The van der Waals surface area contributed by atoms with Gasteiger partial charge in [-0.3, -0.25) is 0 Å². The van der Waals surface area contributed by atoms with Gasteiger partial charge in [0.1, 0.15) is 0 Å². The number of hydrogen-bond acceptors (Lipinski definition) is 2. The van der Waals surface area contributed by atoms with Crippen molar-refractivity contribution in [1.29, 1.82) is 0 Å². The molecule has 0 aromatic carbocycles. The molecule has 9 heavy (non-hydrogen) atoms. The molecule has 0 unspecified atom stereocenters. The van der Waals surface area contributed by atoms with Crippen molar-refractivity contribution in [3.8, 4) is 0 Å². The van der Waals surface area contributed by atoms with Crippen molar-refractivity contribution in [1.82, 2.24) is 0 Å². The van der Waals surface area contributed by atoms with Gasteiger partial charge < -0.3 is 0 Å². The van der Waals surface area contributed by atoms with Gasteiger partial charge in [-0.15, -0.1) is 0 Å². The summed E-state index contributed by atoms with van der Waals surface area (Å²) in [7, 11) is 0. The molecule has 0 rings (SSSR count). The van der Waals surface area contributed by atoms with E-state index in [1.807, 2.05) is 0 Å². The molecule has 0 saturated heterocycles. The fourth-order valence-electron chi connectivity index (χ4n) is 0. The van der Waals surface area contributed by atoms with Gasteiger partial charge in [0.15, 0.2) is 0 Å². The second-order valence-corrected chi connectivity index (χ2v) is 4.29. The van der Waals surface area contributed by atoms with Crippen molar-refractivity contribution >= 4 is 0 Å². The molecular formula is F6NiO2. The number of halogens is 6. The minimum atomic E-state index is -12.1. The predicted octanol–water partition coefficient (Wildman–Crippen LogP) is 2.33. The summed E-state index contributed by atoms with van der Waals surface area (Å²) in [4.78, 5) is 0. The zero-order valence-corrected chi connectivity index (χ0v) is 4.39. The zero-order chi connectivity index (χ0) is 8.09. The van der Waals surface area contributed by atoms with Gasteiger partial charge in [0.2, 0.25) is 0 Å². The van der Waals surface area contributed by atoms with Crippen molar-refractivity contribution in [2.24, 2.45) is 0 Å². The Morgan fingerprint density at radius 1 is 1.00 bits per heavy atom. The molecule has 2 nitrogen and oxygen atoms in total. The van der Waals surface area contributed by atoms with E-state index in [4.69, 9.17) is 3.90 Å². The van der Waals surface area contributed by atoms with Gasteiger partial charge in [-0.2, -0.15) is 0 Å². The molecule has 0 N–H and O–H groups in total. The Morgan fingerprint density at radius 2 is 1.11 bits per heavy atom. The minimum absolute atomic E-state index is 0.236. The average Bonchev–Trinajstić information content (AvgIpc) is 1.27. The Balaban J connectivity index is 5.50. The monoisotopic (exact) mass is 204 g/mol. The summed E-state index contributed by atoms with van der Waals surface area (Å²) in [6, 6.07) is 0. The summed E-state index contributed by atoms with van der Waals surface area (Å²) in [5.74, 6) is 0. The van der Waals surface area contributed by atoms with Crippen molar-refractivity contribution in [3.05, 3.63) is 0 Å². The van der Waals surface area contributed by atoms with Crippen molar-refractivity contribution < 1.29 is 42.3 Å². The molecule has 0 aromatic heterocycles. The van der Waals surface area contributed by atoms with Crippen LogP contribution in [0.3, 0.4) is 0 Å². The van der Waals surface area contributed by atoms with Crippen molar-refractivity contribution in [2.45, 2.75) is 0 Å². The first-order valence-corrected chi connectivity index (χ1v) is 3.68. The fourth-order valence-corrected chi connectivity index (χ4v) is 0. The third-order valence-corrected chi connectivity index (χ3v) is 0.462. The van der Waals surface area contributed by atoms with Crippen LogP contribution in [0.2, 0.25) is 0 Å². The van der Waals surface area contributed by atoms with E-state index in [-0.39, 0.29) is 4.08 Å². The van der Waals surface area contributed by atoms with E-state index in [1.165, 1.54) is 0 Å². The van der Waals surface area contributed by atoms with Crippen LogP contribution in [-0.4, -0.2) is 0 Å². The molecule has 0 radical (unpaired) electrons. The molecule has 0 spiro atoms. The molecule has 0 bridgehead atoms. The van der Waals surface area contributed by atoms with Gasteiger partial charge in [-0.25, -0.2) is 0 Å². The molecule has 0 aliphatic rings. The standard InChI is InChI=1S/FO.5FH.Ni.O/c1-2;;;;;;;/h;5*1H;;/q-1;;;;;;+6;/p-5. The average molecular weight is 205 g/mol. The van der Waals surface area contributed by atoms with Crippen LogP contribution >= 0.6 is 0 Å². The summed E-state index contributed by atoms with van der Waals surface area (Å²) in [5.41, 5.74) is 0. The van der Waals surface area contributed by atoms with Gasteiger partial charge in [0, 0.05) is 0 Å². The Kier molecular flexibility index (Phi) is 0.753. The van der Waals surface area contributed by atoms with Crippen molar-refractivity contribution in [3.63, 3.8) is 0 Å². The van der Waals surface area contributed by atoms with Gasteiger partial charge in [-0.05, 0) is 0 Å². The number of hydrogen-bond donors (Lipinski definition) is 0. The molecule has 0 aliphatic heterocycles. The Hall–Kier alpha value is -0.166. The van der Waals surface area contributed by atoms with E-state index in [0.717, 1.165) is 0 Å². The summed E-state index contributed by atoms with van der Waals surface area (Å²) < 4.78 is 71.1. The van der Waals surface area contributed by atoms with Crippen molar-refractivity contribution in [2.75, 3.05) is 0 Å². The fraction of sp³-hybridized carbons (Fsp3) is 0. The quantitative estimate of drug-likeness (QED) is 0.484. The molecule has 0 atom stereocenters. The van der Waals surface area contributed by atoms with Crippen LogP contribution in [0.4, 0.5) is 22.6 Å². The second kappa shape index (κ2) is 0.767. The molecule has 0 fully saturated rings. The first-order chi connectivity index (χ1) is 3.24. The maximum atomic E-state index is 10.5. The normalized spacial score (nSPS) is 25.3. The summed E-state index contributed by atoms with van der Waals surface area (Å²) in [6.45, 7) is 0. The van der Waals surface area contributed by atoms with E-state index in [9.17, 15) is 22.6 Å². The maximum absolute atomic E-state index is 12.1.